The number of hydrogen-bond donors (Lipinski definition) is 8. The van der Waals surface area contributed by atoms with E-state index in [0.29, 0.717) is 54.7 Å². The number of rotatable bonds is 15. The number of aromatic nitrogens is 2. The van der Waals surface area contributed by atoms with Crippen molar-refractivity contribution in [2.45, 2.75) is 40.3 Å². The first-order valence-electron chi connectivity index (χ1n) is 19.2. The molecular formula is C44H57B2BrN6O8S+2. The zero-order valence-electron chi connectivity index (χ0n) is 35.8. The molecule has 0 aliphatic heterocycles. The quantitative estimate of drug-likeness (QED) is 0.0254. The van der Waals surface area contributed by atoms with Crippen LogP contribution in [0.1, 0.15) is 46.0 Å². The van der Waals surface area contributed by atoms with Gasteiger partial charge < -0.3 is 46.2 Å². The van der Waals surface area contributed by atoms with Crippen LogP contribution >= 0.6 is 25.0 Å². The molecule has 0 atom stereocenters. The molecule has 0 fully saturated rings. The van der Waals surface area contributed by atoms with Gasteiger partial charge in [0, 0.05) is 72.5 Å². The summed E-state index contributed by atoms with van der Waals surface area (Å²) in [5, 5.41) is 48.6. The number of pyridine rings is 2. The summed E-state index contributed by atoms with van der Waals surface area (Å²) in [7, 11) is 0.466. The first-order chi connectivity index (χ1) is 29.7. The average Bonchev–Trinajstić information content (AvgIpc) is 3.26. The Morgan fingerprint density at radius 1 is 0.758 bits per heavy atom. The molecule has 18 heteroatoms. The molecule has 0 saturated carbocycles. The molecule has 328 valence electrons. The van der Waals surface area contributed by atoms with E-state index in [-0.39, 0.29) is 11.8 Å². The first kappa shape index (κ1) is 54.4. The van der Waals surface area contributed by atoms with E-state index in [9.17, 15) is 34.5 Å². The van der Waals surface area contributed by atoms with Gasteiger partial charge in [0.2, 0.25) is 12.3 Å². The monoisotopic (exact) mass is 930 g/mol. The molecule has 0 spiro atoms. The van der Waals surface area contributed by atoms with E-state index in [1.807, 2.05) is 110 Å². The topological polar surface area (TPSA) is 205 Å². The minimum absolute atomic E-state index is 0.138. The summed E-state index contributed by atoms with van der Waals surface area (Å²) in [6.45, 7) is 13.4. The van der Waals surface area contributed by atoms with Crippen LogP contribution in [-0.4, -0.2) is 85.7 Å². The predicted octanol–water partition coefficient (Wildman–Crippen LogP) is 2.60. The van der Waals surface area contributed by atoms with Crippen molar-refractivity contribution < 1.29 is 48.4 Å². The van der Waals surface area contributed by atoms with E-state index >= 15 is 0 Å². The third-order valence-electron chi connectivity index (χ3n) is 8.46. The Morgan fingerprint density at radius 3 is 1.68 bits per heavy atom. The number of nitrogens with one attached hydrogen (secondary N) is 4. The maximum Gasteiger partial charge on any atom is 0.488 e. The van der Waals surface area contributed by atoms with Crippen LogP contribution in [0.2, 0.25) is 0 Å². The fourth-order valence-electron chi connectivity index (χ4n) is 5.41. The van der Waals surface area contributed by atoms with Gasteiger partial charge in [-0.05, 0) is 88.5 Å². The fourth-order valence-corrected chi connectivity index (χ4v) is 5.41. The van der Waals surface area contributed by atoms with Gasteiger partial charge in [-0.1, -0.05) is 65.3 Å². The van der Waals surface area contributed by atoms with E-state index in [4.69, 9.17) is 4.79 Å². The highest BCUT2D eigenvalue weighted by molar-refractivity contribution is 9.50. The molecule has 0 bridgehead atoms. The summed E-state index contributed by atoms with van der Waals surface area (Å²) < 4.78 is 3.89. The van der Waals surface area contributed by atoms with Crippen LogP contribution in [0.15, 0.2) is 128 Å². The Hall–Kier alpha value is -5.62. The molecule has 8 N–H and O–H groups in total. The number of nitrogens with zero attached hydrogens (tertiary/aromatic N) is 2. The molecular weight excluding hydrogens is 874 g/mol. The van der Waals surface area contributed by atoms with Crippen LogP contribution in [-0.2, 0) is 27.5 Å². The van der Waals surface area contributed by atoms with E-state index in [1.165, 1.54) is 5.56 Å². The Labute approximate surface area is 377 Å². The number of halogens is 1. The summed E-state index contributed by atoms with van der Waals surface area (Å²) in [6.07, 6.45) is 10.9. The van der Waals surface area contributed by atoms with Crippen molar-refractivity contribution in [2.75, 3.05) is 37.0 Å². The Bertz CT molecular complexity index is 2120. The second-order valence-corrected chi connectivity index (χ2v) is 15.6. The molecule has 5 aromatic rings. The van der Waals surface area contributed by atoms with Gasteiger partial charge in [0.25, 0.3) is 5.91 Å². The molecule has 3 amide bonds. The van der Waals surface area contributed by atoms with Crippen molar-refractivity contribution in [3.05, 3.63) is 156 Å². The second-order valence-electron chi connectivity index (χ2n) is 13.4. The third-order valence-corrected chi connectivity index (χ3v) is 8.46. The normalized spacial score (nSPS) is 9.58. The number of benzene rings is 3. The minimum atomic E-state index is -1.52. The number of aryl methyl sites for hydroxylation is 2. The van der Waals surface area contributed by atoms with Crippen LogP contribution < -0.4 is 41.3 Å². The van der Waals surface area contributed by atoms with Crippen LogP contribution in [0, 0.1) is 13.8 Å². The van der Waals surface area contributed by atoms with Crippen molar-refractivity contribution in [1.29, 1.82) is 0 Å². The zero-order valence-corrected chi connectivity index (χ0v) is 38.2. The van der Waals surface area contributed by atoms with Crippen LogP contribution in [0.4, 0.5) is 11.4 Å². The molecule has 0 aliphatic rings. The molecule has 0 unspecified atom stereocenters. The standard InChI is InChI=1S/C21H22BN3O3.C13H15BNO2.C8H14N2O2.CH3BrS.CH2O/c1-15-11-18(23-2)13-19(12-15)24-21(26)16-7-9-25(10-8-16)14-17-5-3-4-6-20(17)22(27)28;1-11-6-8-15(9-7-11)10-12-4-2-3-5-13(12)14(16)17;1-7(2)8(12)10-5-3-4-9-6-11;1-3-2;1-2/h3-13,23,27-28H,14H2,1-2H3;2-9,16-17H,10H2,1H3;6H,1,3-5H2,2H3,(H,9,11)(H,10,12);1H3;1H2/q;+1;;;/p+1. The van der Waals surface area contributed by atoms with Gasteiger partial charge in [0.05, 0.1) is 5.56 Å². The van der Waals surface area contributed by atoms with Gasteiger partial charge in [0.1, 0.15) is 6.79 Å². The van der Waals surface area contributed by atoms with Gasteiger partial charge in [0.15, 0.2) is 37.9 Å². The van der Waals surface area contributed by atoms with Crippen LogP contribution in [0.25, 0.3) is 0 Å². The number of carbonyl (C=O) groups excluding carboxylic acids is 4. The maximum atomic E-state index is 12.5. The SMILES string of the molecule is C=C(C)C(=O)NCCCNC=O.C=O.CNc1cc(C)cc(NC(=O)c2cc[n+](Cc3ccccc3B(O)O)cc2)c1.CSBr.Cc1cc[n+](Cc2ccccc2B(O)O)cc1. The van der Waals surface area contributed by atoms with Crippen molar-refractivity contribution in [3.63, 3.8) is 0 Å². The van der Waals surface area contributed by atoms with Gasteiger partial charge in [-0.15, -0.1) is 0 Å². The van der Waals surface area contributed by atoms with E-state index in [0.717, 1.165) is 34.5 Å². The summed E-state index contributed by atoms with van der Waals surface area (Å²) in [5.41, 5.74) is 7.71. The highest BCUT2D eigenvalue weighted by atomic mass is 79.9. The predicted molar refractivity (Wildman–Crippen MR) is 253 cm³/mol. The van der Waals surface area contributed by atoms with Gasteiger partial charge in [-0.2, -0.15) is 0 Å². The Kier molecular flexibility index (Phi) is 27.4. The second kappa shape index (κ2) is 31.3. The molecule has 5 rings (SSSR count). The zero-order chi connectivity index (χ0) is 46.5. The largest absolute Gasteiger partial charge is 0.488 e. The first-order valence-corrected chi connectivity index (χ1v) is 22.3. The lowest BCUT2D eigenvalue weighted by atomic mass is 9.77. The van der Waals surface area contributed by atoms with Crippen molar-refractivity contribution in [1.82, 2.24) is 10.6 Å². The van der Waals surface area contributed by atoms with E-state index in [1.54, 1.807) is 65.9 Å². The lowest BCUT2D eigenvalue weighted by molar-refractivity contribution is -0.688. The van der Waals surface area contributed by atoms with Crippen LogP contribution in [0.3, 0.4) is 0 Å². The summed E-state index contributed by atoms with van der Waals surface area (Å²) in [6, 6.07) is 27.8. The average molecular weight is 932 g/mol. The molecule has 3 aromatic carbocycles. The van der Waals surface area contributed by atoms with E-state index < -0.39 is 14.2 Å². The highest BCUT2D eigenvalue weighted by Crippen LogP contribution is 2.19. The molecule has 0 saturated heterocycles. The molecule has 2 aromatic heterocycles. The minimum Gasteiger partial charge on any atom is -0.423 e. The third kappa shape index (κ3) is 21.3. The lowest BCUT2D eigenvalue weighted by Crippen LogP contribution is -2.40. The van der Waals surface area contributed by atoms with Gasteiger partial charge in [-0.25, -0.2) is 9.13 Å². The summed E-state index contributed by atoms with van der Waals surface area (Å²) in [4.78, 5) is 41.2. The molecule has 2 heterocycles. The van der Waals surface area contributed by atoms with Gasteiger partial charge in [-0.3, -0.25) is 14.4 Å². The molecule has 14 nitrogen and oxygen atoms in total. The molecule has 0 radical (unpaired) electrons. The number of anilines is 2. The fraction of sp³-hybridized carbons (Fsp3) is 0.227. The number of carbonyl (C=O) groups is 4. The van der Waals surface area contributed by atoms with Crippen molar-refractivity contribution in [2.24, 2.45) is 0 Å². The summed E-state index contributed by atoms with van der Waals surface area (Å²) in [5.74, 6) is -0.327. The number of hydrogen-bond acceptors (Lipinski definition) is 10. The van der Waals surface area contributed by atoms with Crippen molar-refractivity contribution >= 4 is 86.6 Å². The van der Waals surface area contributed by atoms with Crippen molar-refractivity contribution in [3.8, 4) is 0 Å². The lowest BCUT2D eigenvalue weighted by Gasteiger charge is -2.09. The van der Waals surface area contributed by atoms with E-state index in [2.05, 4.69) is 42.7 Å². The number of amides is 3. The Morgan fingerprint density at radius 2 is 1.23 bits per heavy atom. The summed E-state index contributed by atoms with van der Waals surface area (Å²) >= 11 is 3.06. The smallest absolute Gasteiger partial charge is 0.423 e. The molecule has 62 heavy (non-hydrogen) atoms. The van der Waals surface area contributed by atoms with Gasteiger partial charge >= 0.3 is 14.2 Å². The van der Waals surface area contributed by atoms with Crippen LogP contribution in [0.5, 0.6) is 0 Å². The molecule has 0 aliphatic carbocycles. The Balaban J connectivity index is 0.000000481. The highest BCUT2D eigenvalue weighted by Gasteiger charge is 2.19. The maximum absolute atomic E-state index is 12.5.